The fraction of sp³-hybridized carbons (Fsp3) is 0.778. The number of nitrogens with two attached hydrogens (primary N) is 2. The Balaban J connectivity index is 4.03. The van der Waals surface area contributed by atoms with Gasteiger partial charge in [0.2, 0.25) is 11.8 Å². The Morgan fingerprint density at radius 1 is 1.47 bits per heavy atom. The van der Waals surface area contributed by atoms with Gasteiger partial charge < -0.3 is 21.5 Å². The zero-order chi connectivity index (χ0) is 11.8. The summed E-state index contributed by atoms with van der Waals surface area (Å²) in [6, 6.07) is -0.963. The molecule has 0 radical (unpaired) electrons. The van der Waals surface area contributed by atoms with Gasteiger partial charge in [-0.15, -0.1) is 0 Å². The maximum atomic E-state index is 11.4. The van der Waals surface area contributed by atoms with Gasteiger partial charge >= 0.3 is 0 Å². The van der Waals surface area contributed by atoms with Crippen molar-refractivity contribution in [2.24, 2.45) is 11.5 Å². The van der Waals surface area contributed by atoms with Crippen LogP contribution in [0.3, 0.4) is 0 Å². The second-order valence-corrected chi connectivity index (χ2v) is 3.35. The highest BCUT2D eigenvalue weighted by Crippen LogP contribution is 1.94. The number of hydrogen-bond acceptors (Lipinski definition) is 4. The summed E-state index contributed by atoms with van der Waals surface area (Å²) in [5.41, 5.74) is 10.4. The van der Waals surface area contributed by atoms with Crippen molar-refractivity contribution in [1.29, 1.82) is 0 Å². The highest BCUT2D eigenvalue weighted by atomic mass is 16.5. The van der Waals surface area contributed by atoms with Gasteiger partial charge in [-0.05, 0) is 6.42 Å². The van der Waals surface area contributed by atoms with Crippen LogP contribution in [-0.2, 0) is 14.3 Å². The largest absolute Gasteiger partial charge is 0.383 e. The summed E-state index contributed by atoms with van der Waals surface area (Å²) < 4.78 is 4.91. The summed E-state index contributed by atoms with van der Waals surface area (Å²) in [5.74, 6) is -0.963. The Morgan fingerprint density at radius 2 is 2.07 bits per heavy atom. The van der Waals surface area contributed by atoms with E-state index in [1.165, 1.54) is 0 Å². The van der Waals surface area contributed by atoms with Crippen LogP contribution < -0.4 is 16.8 Å². The molecule has 0 aliphatic rings. The second-order valence-electron chi connectivity index (χ2n) is 3.35. The van der Waals surface area contributed by atoms with Gasteiger partial charge in [-0.2, -0.15) is 0 Å². The van der Waals surface area contributed by atoms with Crippen LogP contribution in [0.25, 0.3) is 0 Å². The van der Waals surface area contributed by atoms with Gasteiger partial charge in [0, 0.05) is 7.11 Å². The molecule has 0 spiro atoms. The third-order valence-corrected chi connectivity index (χ3v) is 1.96. The number of rotatable bonds is 7. The summed E-state index contributed by atoms with van der Waals surface area (Å²) in [6.07, 6.45) is 0.595. The van der Waals surface area contributed by atoms with E-state index in [1.54, 1.807) is 7.11 Å². The van der Waals surface area contributed by atoms with E-state index in [1.807, 2.05) is 6.92 Å². The molecule has 88 valence electrons. The molecule has 0 aromatic rings. The molecule has 5 N–H and O–H groups in total. The van der Waals surface area contributed by atoms with Crippen LogP contribution in [0, 0.1) is 0 Å². The van der Waals surface area contributed by atoms with Gasteiger partial charge in [0.05, 0.1) is 25.1 Å². The second kappa shape index (κ2) is 7.19. The van der Waals surface area contributed by atoms with Gasteiger partial charge in [0.15, 0.2) is 0 Å². The molecule has 0 rings (SSSR count). The minimum Gasteiger partial charge on any atom is -0.383 e. The minimum atomic E-state index is -0.881. The monoisotopic (exact) mass is 217 g/mol. The summed E-state index contributed by atoms with van der Waals surface area (Å²) in [5, 5.41) is 2.68. The van der Waals surface area contributed by atoms with Gasteiger partial charge in [0.25, 0.3) is 0 Å². The molecule has 15 heavy (non-hydrogen) atoms. The van der Waals surface area contributed by atoms with Crippen LogP contribution in [0.15, 0.2) is 0 Å². The van der Waals surface area contributed by atoms with Gasteiger partial charge in [-0.25, -0.2) is 0 Å². The molecule has 2 unspecified atom stereocenters. The lowest BCUT2D eigenvalue weighted by Crippen LogP contribution is -2.48. The highest BCUT2D eigenvalue weighted by molar-refractivity contribution is 5.87. The fourth-order valence-electron chi connectivity index (χ4n) is 1.08. The van der Waals surface area contributed by atoms with Crippen LogP contribution in [-0.4, -0.2) is 37.6 Å². The molecule has 0 heterocycles. The summed E-state index contributed by atoms with van der Waals surface area (Å²) >= 11 is 0. The van der Waals surface area contributed by atoms with E-state index in [2.05, 4.69) is 5.32 Å². The Hall–Kier alpha value is -1.14. The number of primary amides is 1. The van der Waals surface area contributed by atoms with Crippen LogP contribution in [0.4, 0.5) is 0 Å². The predicted octanol–water partition coefficient (Wildman–Crippen LogP) is -1.27. The van der Waals surface area contributed by atoms with Gasteiger partial charge in [-0.1, -0.05) is 6.92 Å². The first kappa shape index (κ1) is 13.9. The van der Waals surface area contributed by atoms with Gasteiger partial charge in [-0.3, -0.25) is 9.59 Å². The van der Waals surface area contributed by atoms with Gasteiger partial charge in [0.1, 0.15) is 0 Å². The van der Waals surface area contributed by atoms with E-state index < -0.39 is 11.9 Å². The lowest BCUT2D eigenvalue weighted by molar-refractivity contribution is -0.127. The minimum absolute atomic E-state index is 0.0820. The number of amides is 2. The lowest BCUT2D eigenvalue weighted by Gasteiger charge is -2.18. The standard InChI is InChI=1S/C9H19N3O3/c1-3-6(5-15-2)12-9(14)7(10)4-8(11)13/h6-7H,3-5,10H2,1-2H3,(H2,11,13)(H,12,14). The summed E-state index contributed by atoms with van der Waals surface area (Å²) in [7, 11) is 1.55. The zero-order valence-electron chi connectivity index (χ0n) is 9.16. The normalized spacial score (nSPS) is 14.3. The average Bonchev–Trinajstić information content (AvgIpc) is 2.15. The van der Waals surface area contributed by atoms with Crippen molar-refractivity contribution in [2.45, 2.75) is 31.8 Å². The number of methoxy groups -OCH3 is 1. The molecule has 0 aromatic carbocycles. The molecular formula is C9H19N3O3. The van der Waals surface area contributed by atoms with Crippen molar-refractivity contribution in [2.75, 3.05) is 13.7 Å². The van der Waals surface area contributed by atoms with Crippen molar-refractivity contribution in [3.8, 4) is 0 Å². The van der Waals surface area contributed by atoms with Crippen LogP contribution in [0.5, 0.6) is 0 Å². The Labute approximate surface area is 89.3 Å². The number of ether oxygens (including phenoxy) is 1. The Kier molecular flexibility index (Phi) is 6.64. The first-order chi connectivity index (χ1) is 7.01. The molecule has 0 saturated carbocycles. The van der Waals surface area contributed by atoms with Crippen molar-refractivity contribution in [3.05, 3.63) is 0 Å². The zero-order valence-corrected chi connectivity index (χ0v) is 9.16. The number of hydrogen-bond donors (Lipinski definition) is 3. The van der Waals surface area contributed by atoms with Crippen LogP contribution >= 0.6 is 0 Å². The SMILES string of the molecule is CCC(COC)NC(=O)C(N)CC(N)=O. The first-order valence-electron chi connectivity index (χ1n) is 4.84. The van der Waals surface area contributed by atoms with E-state index in [0.29, 0.717) is 6.61 Å². The molecule has 2 atom stereocenters. The molecule has 6 heteroatoms. The Morgan fingerprint density at radius 3 is 2.47 bits per heavy atom. The first-order valence-corrected chi connectivity index (χ1v) is 4.84. The summed E-state index contributed by atoms with van der Waals surface area (Å²) in [6.45, 7) is 2.34. The maximum absolute atomic E-state index is 11.4. The molecule has 0 saturated heterocycles. The van der Waals surface area contributed by atoms with E-state index in [-0.39, 0.29) is 18.4 Å². The third kappa shape index (κ3) is 6.03. The van der Waals surface area contributed by atoms with E-state index >= 15 is 0 Å². The third-order valence-electron chi connectivity index (χ3n) is 1.96. The van der Waals surface area contributed by atoms with E-state index in [4.69, 9.17) is 16.2 Å². The molecule has 2 amide bonds. The lowest BCUT2D eigenvalue weighted by atomic mass is 10.1. The quantitative estimate of drug-likeness (QED) is 0.494. The summed E-state index contributed by atoms with van der Waals surface area (Å²) in [4.78, 5) is 22.0. The number of carbonyl (C=O) groups is 2. The maximum Gasteiger partial charge on any atom is 0.237 e. The van der Waals surface area contributed by atoms with Crippen LogP contribution in [0.2, 0.25) is 0 Å². The van der Waals surface area contributed by atoms with Crippen molar-refractivity contribution in [1.82, 2.24) is 5.32 Å². The molecular weight excluding hydrogens is 198 g/mol. The molecule has 0 aliphatic heterocycles. The number of nitrogens with one attached hydrogen (secondary N) is 1. The molecule has 0 aromatic heterocycles. The number of carbonyl (C=O) groups excluding carboxylic acids is 2. The van der Waals surface area contributed by atoms with E-state index in [0.717, 1.165) is 6.42 Å². The van der Waals surface area contributed by atoms with Crippen LogP contribution in [0.1, 0.15) is 19.8 Å². The molecule has 0 bridgehead atoms. The van der Waals surface area contributed by atoms with Crippen molar-refractivity contribution < 1.29 is 14.3 Å². The smallest absolute Gasteiger partial charge is 0.237 e. The van der Waals surface area contributed by atoms with E-state index in [9.17, 15) is 9.59 Å². The molecule has 0 aliphatic carbocycles. The molecule has 0 fully saturated rings. The van der Waals surface area contributed by atoms with Crippen molar-refractivity contribution in [3.63, 3.8) is 0 Å². The topological polar surface area (TPSA) is 107 Å². The Bertz CT molecular complexity index is 221. The van der Waals surface area contributed by atoms with Crippen molar-refractivity contribution >= 4 is 11.8 Å². The predicted molar refractivity (Wildman–Crippen MR) is 55.9 cm³/mol. The fourth-order valence-corrected chi connectivity index (χ4v) is 1.08. The highest BCUT2D eigenvalue weighted by Gasteiger charge is 2.18. The average molecular weight is 217 g/mol. The molecule has 6 nitrogen and oxygen atoms in total.